The Labute approximate surface area is 118 Å². The number of aliphatic carboxylic acids is 1. The highest BCUT2D eigenvalue weighted by atomic mass is 32.1. The van der Waals surface area contributed by atoms with E-state index in [1.165, 1.54) is 11.3 Å². The molecule has 1 atom stereocenters. The number of hydrogen-bond acceptors (Lipinski definition) is 6. The van der Waals surface area contributed by atoms with Crippen molar-refractivity contribution >= 4 is 34.4 Å². The number of nitrogens with zero attached hydrogens (tertiary/aromatic N) is 3. The zero-order valence-electron chi connectivity index (χ0n) is 10.6. The van der Waals surface area contributed by atoms with Gasteiger partial charge in [-0.15, -0.1) is 10.2 Å². The maximum absolute atomic E-state index is 12.0. The van der Waals surface area contributed by atoms with E-state index in [9.17, 15) is 14.4 Å². The number of carbonyl (C=O) groups excluding carboxylic acids is 2. The summed E-state index contributed by atoms with van der Waals surface area (Å²) in [6.45, 7) is 1.49. The van der Waals surface area contributed by atoms with Gasteiger partial charge in [0.05, 0.1) is 0 Å². The summed E-state index contributed by atoms with van der Waals surface area (Å²) in [5.41, 5.74) is 0. The molecule has 0 bridgehead atoms. The van der Waals surface area contributed by atoms with Crippen molar-refractivity contribution in [3.63, 3.8) is 0 Å². The van der Waals surface area contributed by atoms with Crippen molar-refractivity contribution in [2.75, 3.05) is 18.4 Å². The Bertz CT molecular complexity index is 546. The number of amides is 3. The number of urea groups is 1. The number of rotatable bonds is 3. The molecule has 20 heavy (non-hydrogen) atoms. The summed E-state index contributed by atoms with van der Waals surface area (Å²) < 4.78 is 0. The minimum absolute atomic E-state index is 0.113. The van der Waals surface area contributed by atoms with Gasteiger partial charge in [-0.3, -0.25) is 15.0 Å². The van der Waals surface area contributed by atoms with E-state index in [1.54, 1.807) is 0 Å². The molecular formula is C10H13N5O4S. The van der Waals surface area contributed by atoms with E-state index in [1.807, 2.05) is 6.92 Å². The molecule has 0 aliphatic carbocycles. The van der Waals surface area contributed by atoms with Crippen LogP contribution in [0.2, 0.25) is 0 Å². The van der Waals surface area contributed by atoms with Crippen LogP contribution in [0, 0.1) is 0 Å². The summed E-state index contributed by atoms with van der Waals surface area (Å²) in [5.74, 6) is -1.57. The molecule has 9 nitrogen and oxygen atoms in total. The first-order valence-electron chi connectivity index (χ1n) is 5.90. The molecule has 1 aliphatic heterocycles. The van der Waals surface area contributed by atoms with Gasteiger partial charge < -0.3 is 10.4 Å². The molecule has 1 aliphatic rings. The molecule has 2 heterocycles. The van der Waals surface area contributed by atoms with Crippen LogP contribution in [0.15, 0.2) is 0 Å². The van der Waals surface area contributed by atoms with Crippen molar-refractivity contribution in [3.05, 3.63) is 5.01 Å². The van der Waals surface area contributed by atoms with E-state index < -0.39 is 23.9 Å². The Morgan fingerprint density at radius 3 is 2.90 bits per heavy atom. The molecule has 0 radical (unpaired) electrons. The van der Waals surface area contributed by atoms with Gasteiger partial charge in [0.2, 0.25) is 11.0 Å². The molecule has 1 aromatic rings. The van der Waals surface area contributed by atoms with Gasteiger partial charge in [0.25, 0.3) is 0 Å². The van der Waals surface area contributed by atoms with E-state index in [-0.39, 0.29) is 18.2 Å². The molecule has 1 aromatic heterocycles. The minimum atomic E-state index is -1.17. The molecule has 3 amide bonds. The number of aryl methyl sites for hydroxylation is 1. The van der Waals surface area contributed by atoms with Crippen LogP contribution in [0.4, 0.5) is 9.93 Å². The Balaban J connectivity index is 2.08. The molecule has 1 unspecified atom stereocenters. The van der Waals surface area contributed by atoms with E-state index in [2.05, 4.69) is 20.8 Å². The summed E-state index contributed by atoms with van der Waals surface area (Å²) in [6, 6.07) is -1.77. The second-order valence-corrected chi connectivity index (χ2v) is 5.13. The molecule has 10 heteroatoms. The number of carboxylic acids is 1. The number of hydrogen-bond donors (Lipinski definition) is 3. The van der Waals surface area contributed by atoms with Crippen molar-refractivity contribution in [1.29, 1.82) is 0 Å². The van der Waals surface area contributed by atoms with Gasteiger partial charge in [-0.05, 0) is 6.42 Å². The van der Waals surface area contributed by atoms with Crippen molar-refractivity contribution in [1.82, 2.24) is 20.4 Å². The van der Waals surface area contributed by atoms with Crippen LogP contribution in [0.1, 0.15) is 11.9 Å². The lowest BCUT2D eigenvalue weighted by Gasteiger charge is -2.32. The molecule has 3 N–H and O–H groups in total. The molecular weight excluding hydrogens is 286 g/mol. The molecule has 1 saturated heterocycles. The summed E-state index contributed by atoms with van der Waals surface area (Å²) >= 11 is 1.21. The Kier molecular flexibility index (Phi) is 4.13. The third kappa shape index (κ3) is 3.02. The zero-order valence-corrected chi connectivity index (χ0v) is 11.4. The van der Waals surface area contributed by atoms with E-state index in [0.717, 1.165) is 9.91 Å². The van der Waals surface area contributed by atoms with Crippen LogP contribution < -0.4 is 10.6 Å². The number of aromatic nitrogens is 2. The zero-order chi connectivity index (χ0) is 14.7. The number of anilines is 1. The largest absolute Gasteiger partial charge is 0.480 e. The second-order valence-electron chi connectivity index (χ2n) is 4.07. The fourth-order valence-corrected chi connectivity index (χ4v) is 2.35. The first-order valence-corrected chi connectivity index (χ1v) is 6.72. The molecule has 1 fully saturated rings. The smallest absolute Gasteiger partial charge is 0.328 e. The van der Waals surface area contributed by atoms with Gasteiger partial charge in [-0.25, -0.2) is 9.59 Å². The van der Waals surface area contributed by atoms with Crippen LogP contribution in [0.5, 0.6) is 0 Å². The van der Waals surface area contributed by atoms with Crippen molar-refractivity contribution in [2.45, 2.75) is 19.4 Å². The SMILES string of the molecule is CCc1nnc(NC(=O)N2CC(=O)NCC2C(=O)O)s1. The highest BCUT2D eigenvalue weighted by Crippen LogP contribution is 2.17. The Morgan fingerprint density at radius 2 is 2.30 bits per heavy atom. The highest BCUT2D eigenvalue weighted by molar-refractivity contribution is 7.15. The molecule has 2 rings (SSSR count). The van der Waals surface area contributed by atoms with Gasteiger partial charge in [-0.2, -0.15) is 0 Å². The van der Waals surface area contributed by atoms with Crippen molar-refractivity contribution in [3.8, 4) is 0 Å². The number of nitrogens with one attached hydrogen (secondary N) is 2. The number of piperazine rings is 1. The summed E-state index contributed by atoms with van der Waals surface area (Å²) in [4.78, 5) is 35.4. The normalized spacial score (nSPS) is 18.6. The van der Waals surface area contributed by atoms with E-state index in [4.69, 9.17) is 5.11 Å². The van der Waals surface area contributed by atoms with Crippen LogP contribution in [-0.4, -0.2) is 57.2 Å². The average molecular weight is 299 g/mol. The van der Waals surface area contributed by atoms with Crippen molar-refractivity contribution in [2.24, 2.45) is 0 Å². The lowest BCUT2D eigenvalue weighted by Crippen LogP contribution is -2.60. The number of carboxylic acid groups (broad SMARTS) is 1. The molecule has 108 valence electrons. The lowest BCUT2D eigenvalue weighted by atomic mass is 10.2. The van der Waals surface area contributed by atoms with E-state index >= 15 is 0 Å². The summed E-state index contributed by atoms with van der Waals surface area (Å²) in [7, 11) is 0. The summed E-state index contributed by atoms with van der Waals surface area (Å²) in [6.07, 6.45) is 0.692. The first kappa shape index (κ1) is 14.2. The van der Waals surface area contributed by atoms with Gasteiger partial charge in [0.15, 0.2) is 0 Å². The van der Waals surface area contributed by atoms with E-state index in [0.29, 0.717) is 6.42 Å². The van der Waals surface area contributed by atoms with Gasteiger partial charge >= 0.3 is 12.0 Å². The van der Waals surface area contributed by atoms with Crippen molar-refractivity contribution < 1.29 is 19.5 Å². The lowest BCUT2D eigenvalue weighted by molar-refractivity contribution is -0.144. The molecule has 0 saturated carbocycles. The fraction of sp³-hybridized carbons (Fsp3) is 0.500. The van der Waals surface area contributed by atoms with Gasteiger partial charge in [-0.1, -0.05) is 18.3 Å². The van der Waals surface area contributed by atoms with Crippen LogP contribution in [-0.2, 0) is 16.0 Å². The Hall–Kier alpha value is -2.23. The van der Waals surface area contributed by atoms with Gasteiger partial charge in [0, 0.05) is 6.54 Å². The van der Waals surface area contributed by atoms with Crippen LogP contribution >= 0.6 is 11.3 Å². The predicted molar refractivity (Wildman–Crippen MR) is 69.4 cm³/mol. The maximum atomic E-state index is 12.0. The molecule has 0 spiro atoms. The average Bonchev–Trinajstić information content (AvgIpc) is 2.85. The second kappa shape index (κ2) is 5.82. The standard InChI is InChI=1S/C10H13N5O4S/c1-2-7-13-14-9(20-7)12-10(19)15-4-6(16)11-3-5(15)8(17)18/h5H,2-4H2,1H3,(H,11,16)(H,17,18)(H,12,14,19). The van der Waals surface area contributed by atoms with Gasteiger partial charge in [0.1, 0.15) is 17.6 Å². The minimum Gasteiger partial charge on any atom is -0.480 e. The quantitative estimate of drug-likeness (QED) is 0.692. The van der Waals surface area contributed by atoms with Crippen LogP contribution in [0.3, 0.4) is 0 Å². The fourth-order valence-electron chi connectivity index (χ4n) is 1.69. The third-order valence-electron chi connectivity index (χ3n) is 2.71. The topological polar surface area (TPSA) is 125 Å². The summed E-state index contributed by atoms with van der Waals surface area (Å²) in [5, 5.41) is 22.6. The predicted octanol–water partition coefficient (Wildman–Crippen LogP) is -0.483. The van der Waals surface area contributed by atoms with Crippen LogP contribution in [0.25, 0.3) is 0 Å². The Morgan fingerprint density at radius 1 is 1.55 bits per heavy atom. The monoisotopic (exact) mass is 299 g/mol. The first-order chi connectivity index (χ1) is 9.51. The number of carbonyl (C=O) groups is 3. The molecule has 0 aromatic carbocycles. The maximum Gasteiger partial charge on any atom is 0.328 e. The highest BCUT2D eigenvalue weighted by Gasteiger charge is 2.35. The third-order valence-corrected chi connectivity index (χ3v) is 3.69.